The molecule has 1 amide bonds. The smallest absolute Gasteiger partial charge is 0.274 e. The average molecular weight is 303 g/mol. The Balaban J connectivity index is 2.05. The minimum atomic E-state index is -0.348. The van der Waals surface area contributed by atoms with Gasteiger partial charge in [-0.05, 0) is 6.07 Å². The van der Waals surface area contributed by atoms with Gasteiger partial charge in [-0.1, -0.05) is 11.8 Å². The lowest BCUT2D eigenvalue weighted by atomic mass is 10.3. The fourth-order valence-electron chi connectivity index (χ4n) is 1.63. The van der Waals surface area contributed by atoms with Crippen LogP contribution >= 0.6 is 11.3 Å². The van der Waals surface area contributed by atoms with Crippen molar-refractivity contribution in [3.8, 4) is 11.8 Å². The van der Waals surface area contributed by atoms with Gasteiger partial charge in [-0.25, -0.2) is 4.98 Å². The summed E-state index contributed by atoms with van der Waals surface area (Å²) in [5.41, 5.74) is 0.653. The number of nitrogens with one attached hydrogen (secondary N) is 1. The Morgan fingerprint density at radius 2 is 2.38 bits per heavy atom. The number of H-pyrrole nitrogens is 1. The summed E-state index contributed by atoms with van der Waals surface area (Å²) in [6.07, 6.45) is 2.38. The Hall–Kier alpha value is -2.43. The quantitative estimate of drug-likeness (QED) is 0.806. The molecule has 6 nitrogen and oxygen atoms in total. The molecule has 0 unspecified atom stereocenters. The Kier molecular flexibility index (Phi) is 4.87. The molecule has 0 aromatic carbocycles. The van der Waals surface area contributed by atoms with Gasteiger partial charge in [0.2, 0.25) is 0 Å². The zero-order valence-corrected chi connectivity index (χ0v) is 12.1. The van der Waals surface area contributed by atoms with Gasteiger partial charge in [-0.2, -0.15) is 0 Å². The van der Waals surface area contributed by atoms with Crippen LogP contribution in [0.3, 0.4) is 0 Å². The lowest BCUT2D eigenvalue weighted by Gasteiger charge is -2.15. The molecule has 2 aromatic rings. The topological polar surface area (TPSA) is 86.3 Å². The van der Waals surface area contributed by atoms with E-state index in [1.807, 2.05) is 11.4 Å². The van der Waals surface area contributed by atoms with Gasteiger partial charge < -0.3 is 15.0 Å². The third-order valence-corrected chi connectivity index (χ3v) is 3.52. The van der Waals surface area contributed by atoms with E-state index in [-0.39, 0.29) is 23.8 Å². The first-order valence-electron chi connectivity index (χ1n) is 6.07. The van der Waals surface area contributed by atoms with Crippen LogP contribution in [0.2, 0.25) is 0 Å². The molecule has 0 atom stereocenters. The second-order valence-electron chi connectivity index (χ2n) is 4.22. The molecule has 0 fully saturated rings. The van der Waals surface area contributed by atoms with Crippen LogP contribution in [0, 0.1) is 11.8 Å². The molecule has 108 valence electrons. The van der Waals surface area contributed by atoms with Crippen LogP contribution in [0.15, 0.2) is 28.6 Å². The molecule has 0 saturated heterocycles. The number of hydrogen-bond donors (Lipinski definition) is 2. The third kappa shape index (κ3) is 4.02. The van der Waals surface area contributed by atoms with Gasteiger partial charge in [0.25, 0.3) is 11.5 Å². The number of aliphatic hydroxyl groups excluding tert-OH is 1. The van der Waals surface area contributed by atoms with E-state index in [1.54, 1.807) is 7.05 Å². The maximum absolute atomic E-state index is 12.1. The highest BCUT2D eigenvalue weighted by molar-refractivity contribution is 7.10. The first-order valence-corrected chi connectivity index (χ1v) is 6.95. The van der Waals surface area contributed by atoms with Crippen LogP contribution in [0.5, 0.6) is 0 Å². The highest BCUT2D eigenvalue weighted by Gasteiger charge is 2.14. The largest absolute Gasteiger partial charge is 0.384 e. The summed E-state index contributed by atoms with van der Waals surface area (Å²) in [5, 5.41) is 10.5. The van der Waals surface area contributed by atoms with Crippen LogP contribution in [0.1, 0.15) is 20.9 Å². The predicted molar refractivity (Wildman–Crippen MR) is 78.9 cm³/mol. The standard InChI is InChI=1S/C14H13N3O3S/c1-17(14(20)12-6-16-13(19)7-15-12)8-11-5-10(9-21-11)3-2-4-18/h5-7,9,18H,4,8H2,1H3,(H,16,19). The van der Waals surface area contributed by atoms with E-state index >= 15 is 0 Å². The molecule has 2 rings (SSSR count). The lowest BCUT2D eigenvalue weighted by Crippen LogP contribution is -2.27. The minimum absolute atomic E-state index is 0.179. The van der Waals surface area contributed by atoms with Crippen LogP contribution < -0.4 is 5.56 Å². The first kappa shape index (κ1) is 15.0. The Labute approximate surface area is 125 Å². The SMILES string of the molecule is CN(Cc1cc(C#CCO)cs1)C(=O)c1c[nH]c(=O)cn1. The van der Waals surface area contributed by atoms with Crippen molar-refractivity contribution in [3.05, 3.63) is 50.3 Å². The van der Waals surface area contributed by atoms with E-state index in [0.717, 1.165) is 16.6 Å². The van der Waals surface area contributed by atoms with Crippen molar-refractivity contribution in [3.63, 3.8) is 0 Å². The average Bonchev–Trinajstić information content (AvgIpc) is 2.92. The normalized spacial score (nSPS) is 9.81. The molecule has 2 heterocycles. The number of carbonyl (C=O) groups is 1. The molecule has 21 heavy (non-hydrogen) atoms. The van der Waals surface area contributed by atoms with Crippen molar-refractivity contribution >= 4 is 17.2 Å². The maximum atomic E-state index is 12.1. The molecule has 2 aromatic heterocycles. The Morgan fingerprint density at radius 1 is 1.57 bits per heavy atom. The molecular weight excluding hydrogens is 290 g/mol. The number of aromatic nitrogens is 2. The Morgan fingerprint density at radius 3 is 3.05 bits per heavy atom. The summed E-state index contributed by atoms with van der Waals surface area (Å²) in [7, 11) is 1.66. The molecule has 0 spiro atoms. The second-order valence-corrected chi connectivity index (χ2v) is 5.21. The third-order valence-electron chi connectivity index (χ3n) is 2.60. The summed E-state index contributed by atoms with van der Waals surface area (Å²) in [4.78, 5) is 31.8. The van der Waals surface area contributed by atoms with Gasteiger partial charge in [0.05, 0.1) is 12.7 Å². The van der Waals surface area contributed by atoms with Crippen molar-refractivity contribution in [2.24, 2.45) is 0 Å². The minimum Gasteiger partial charge on any atom is -0.384 e. The number of aliphatic hydroxyl groups is 1. The summed E-state index contributed by atoms with van der Waals surface area (Å²) in [6, 6.07) is 1.87. The molecule has 0 aliphatic heterocycles. The molecule has 2 N–H and O–H groups in total. The van der Waals surface area contributed by atoms with Crippen molar-refractivity contribution in [2.75, 3.05) is 13.7 Å². The number of carbonyl (C=O) groups excluding carboxylic acids is 1. The van der Waals surface area contributed by atoms with Gasteiger partial charge in [0.15, 0.2) is 0 Å². The second kappa shape index (κ2) is 6.83. The molecular formula is C14H13N3O3S. The van der Waals surface area contributed by atoms with E-state index in [0.29, 0.717) is 6.54 Å². The molecule has 0 aliphatic rings. The number of hydrogen-bond acceptors (Lipinski definition) is 5. The monoisotopic (exact) mass is 303 g/mol. The Bertz CT molecular complexity index is 734. The van der Waals surface area contributed by atoms with Crippen LogP contribution in [0.25, 0.3) is 0 Å². The van der Waals surface area contributed by atoms with Gasteiger partial charge in [0, 0.05) is 29.1 Å². The van der Waals surface area contributed by atoms with Gasteiger partial charge >= 0.3 is 0 Å². The van der Waals surface area contributed by atoms with Gasteiger partial charge in [0.1, 0.15) is 12.3 Å². The van der Waals surface area contributed by atoms with Crippen molar-refractivity contribution in [1.82, 2.24) is 14.9 Å². The molecule has 0 aliphatic carbocycles. The van der Waals surface area contributed by atoms with Crippen molar-refractivity contribution in [1.29, 1.82) is 0 Å². The summed E-state index contributed by atoms with van der Waals surface area (Å²) >= 11 is 1.49. The van der Waals surface area contributed by atoms with Gasteiger partial charge in [-0.15, -0.1) is 11.3 Å². The number of aromatic amines is 1. The van der Waals surface area contributed by atoms with E-state index in [1.165, 1.54) is 22.4 Å². The molecule has 0 saturated carbocycles. The fourth-order valence-corrected chi connectivity index (χ4v) is 2.50. The van der Waals surface area contributed by atoms with E-state index in [4.69, 9.17) is 5.11 Å². The first-order chi connectivity index (χ1) is 10.1. The summed E-state index contributed by atoms with van der Waals surface area (Å²) in [5.74, 6) is 5.11. The van der Waals surface area contributed by atoms with Gasteiger partial charge in [-0.3, -0.25) is 9.59 Å². The van der Waals surface area contributed by atoms with E-state index in [9.17, 15) is 9.59 Å². The van der Waals surface area contributed by atoms with Crippen molar-refractivity contribution in [2.45, 2.75) is 6.54 Å². The lowest BCUT2D eigenvalue weighted by molar-refractivity contribution is 0.0780. The number of amides is 1. The zero-order valence-electron chi connectivity index (χ0n) is 11.3. The maximum Gasteiger partial charge on any atom is 0.274 e. The number of rotatable bonds is 3. The fraction of sp³-hybridized carbons (Fsp3) is 0.214. The van der Waals surface area contributed by atoms with E-state index in [2.05, 4.69) is 21.8 Å². The highest BCUT2D eigenvalue weighted by Crippen LogP contribution is 2.16. The summed E-state index contributed by atoms with van der Waals surface area (Å²) < 4.78 is 0. The molecule has 7 heteroatoms. The number of nitrogens with zero attached hydrogens (tertiary/aromatic N) is 2. The van der Waals surface area contributed by atoms with Crippen molar-refractivity contribution < 1.29 is 9.90 Å². The molecule has 0 bridgehead atoms. The number of thiophene rings is 1. The molecule has 0 radical (unpaired) electrons. The summed E-state index contributed by atoms with van der Waals surface area (Å²) in [6.45, 7) is 0.243. The zero-order chi connectivity index (χ0) is 15.2. The van der Waals surface area contributed by atoms with Crippen LogP contribution in [-0.2, 0) is 6.54 Å². The predicted octanol–water partition coefficient (Wildman–Crippen LogP) is 0.447. The van der Waals surface area contributed by atoms with E-state index < -0.39 is 0 Å². The highest BCUT2D eigenvalue weighted by atomic mass is 32.1. The van der Waals surface area contributed by atoms with Crippen LogP contribution in [-0.4, -0.2) is 39.5 Å². The van der Waals surface area contributed by atoms with Crippen LogP contribution in [0.4, 0.5) is 0 Å².